The molecule has 4 unspecified atom stereocenters. The van der Waals surface area contributed by atoms with Crippen molar-refractivity contribution in [1.29, 1.82) is 0 Å². The Morgan fingerprint density at radius 1 is 1.43 bits per heavy atom. The molecule has 114 valence electrons. The quantitative estimate of drug-likeness (QED) is 0.666. The Bertz CT molecular complexity index is 474. The van der Waals surface area contributed by atoms with Crippen LogP contribution in [0.2, 0.25) is 0 Å². The fourth-order valence-corrected chi connectivity index (χ4v) is 3.12. The molecule has 1 fully saturated rings. The molecule has 0 aromatic heterocycles. The Hall–Kier alpha value is -1.68. The van der Waals surface area contributed by atoms with Gasteiger partial charge in [0.25, 0.3) is 0 Å². The molecule has 0 amide bonds. The van der Waals surface area contributed by atoms with Crippen molar-refractivity contribution in [1.82, 2.24) is 5.32 Å². The molecule has 1 aliphatic heterocycles. The molecule has 1 aliphatic rings. The van der Waals surface area contributed by atoms with Gasteiger partial charge in [0.15, 0.2) is 0 Å². The monoisotopic (exact) mass is 289 g/mol. The second-order valence-electron chi connectivity index (χ2n) is 5.64. The van der Waals surface area contributed by atoms with Crippen molar-refractivity contribution < 1.29 is 14.3 Å². The lowest BCUT2D eigenvalue weighted by atomic mass is 9.74. The second kappa shape index (κ2) is 7.36. The van der Waals surface area contributed by atoms with E-state index in [-0.39, 0.29) is 29.8 Å². The van der Waals surface area contributed by atoms with Crippen LogP contribution in [-0.2, 0) is 14.3 Å². The summed E-state index contributed by atoms with van der Waals surface area (Å²) in [7, 11) is 0. The molecule has 0 aliphatic carbocycles. The highest BCUT2D eigenvalue weighted by molar-refractivity contribution is 5.75. The number of rotatable bonds is 5. The molecule has 4 atom stereocenters. The molecule has 2 rings (SSSR count). The first-order chi connectivity index (χ1) is 10.2. The molecule has 1 N–H and O–H groups in total. The van der Waals surface area contributed by atoms with Crippen molar-refractivity contribution in [3.05, 3.63) is 35.9 Å². The number of benzene rings is 1. The van der Waals surface area contributed by atoms with E-state index in [0.717, 1.165) is 11.8 Å². The van der Waals surface area contributed by atoms with E-state index < -0.39 is 0 Å². The highest BCUT2D eigenvalue weighted by atomic mass is 16.5. The first-order valence-corrected chi connectivity index (χ1v) is 7.57. The largest absolute Gasteiger partial charge is 0.466 e. The second-order valence-corrected chi connectivity index (χ2v) is 5.64. The first-order valence-electron chi connectivity index (χ1n) is 7.57. The van der Waals surface area contributed by atoms with Crippen LogP contribution in [0.5, 0.6) is 0 Å². The summed E-state index contributed by atoms with van der Waals surface area (Å²) in [5.74, 6) is -0.740. The molecular formula is C17H23NO3. The topological polar surface area (TPSA) is 55.4 Å². The minimum atomic E-state index is -0.277. The van der Waals surface area contributed by atoms with Gasteiger partial charge in [0.05, 0.1) is 12.5 Å². The van der Waals surface area contributed by atoms with Gasteiger partial charge in [-0.25, -0.2) is 0 Å². The molecular weight excluding hydrogens is 266 g/mol. The van der Waals surface area contributed by atoms with Gasteiger partial charge in [-0.3, -0.25) is 4.79 Å². The maximum Gasteiger partial charge on any atom is 0.309 e. The lowest BCUT2D eigenvalue weighted by Crippen LogP contribution is -2.48. The van der Waals surface area contributed by atoms with E-state index in [1.165, 1.54) is 0 Å². The normalized spacial score (nSPS) is 26.9. The van der Waals surface area contributed by atoms with Crippen LogP contribution in [0.4, 0.5) is 0 Å². The number of hydrogen-bond donors (Lipinski definition) is 1. The van der Waals surface area contributed by atoms with E-state index in [9.17, 15) is 9.59 Å². The van der Waals surface area contributed by atoms with Gasteiger partial charge in [-0.2, -0.15) is 0 Å². The van der Waals surface area contributed by atoms with Gasteiger partial charge in [-0.1, -0.05) is 30.3 Å². The van der Waals surface area contributed by atoms with Crippen molar-refractivity contribution in [3.63, 3.8) is 0 Å². The van der Waals surface area contributed by atoms with Crippen molar-refractivity contribution in [2.75, 3.05) is 13.2 Å². The fourth-order valence-electron chi connectivity index (χ4n) is 3.12. The summed E-state index contributed by atoms with van der Waals surface area (Å²) in [6.45, 7) is 4.90. The molecule has 4 nitrogen and oxygen atoms in total. The number of carbonyl (C=O) groups is 2. The SMILES string of the molecule is CCOC(=O)C1CC(C)NCC1C(C=O)c1ccccc1. The number of esters is 1. The molecule has 0 bridgehead atoms. The number of ether oxygens (including phenoxy) is 1. The van der Waals surface area contributed by atoms with Crippen molar-refractivity contribution in [2.45, 2.75) is 32.2 Å². The maximum atomic E-state index is 12.2. The van der Waals surface area contributed by atoms with Gasteiger partial charge in [0.1, 0.15) is 6.29 Å². The third kappa shape index (κ3) is 3.70. The number of hydrogen-bond acceptors (Lipinski definition) is 4. The number of nitrogens with one attached hydrogen (secondary N) is 1. The van der Waals surface area contributed by atoms with Gasteiger partial charge in [0, 0.05) is 18.5 Å². The third-order valence-corrected chi connectivity index (χ3v) is 4.21. The van der Waals surface area contributed by atoms with Crippen molar-refractivity contribution in [2.24, 2.45) is 11.8 Å². The minimum absolute atomic E-state index is 0.0554. The van der Waals surface area contributed by atoms with Crippen LogP contribution in [0.15, 0.2) is 30.3 Å². The highest BCUT2D eigenvalue weighted by Crippen LogP contribution is 2.34. The van der Waals surface area contributed by atoms with Crippen LogP contribution >= 0.6 is 0 Å². The average molecular weight is 289 g/mol. The van der Waals surface area contributed by atoms with Crippen LogP contribution in [0.1, 0.15) is 31.7 Å². The van der Waals surface area contributed by atoms with Gasteiger partial charge in [-0.05, 0) is 31.7 Å². The number of piperidine rings is 1. The van der Waals surface area contributed by atoms with E-state index in [1.54, 1.807) is 0 Å². The van der Waals surface area contributed by atoms with Crippen molar-refractivity contribution in [3.8, 4) is 0 Å². The van der Waals surface area contributed by atoms with E-state index in [2.05, 4.69) is 12.2 Å². The number of carbonyl (C=O) groups excluding carboxylic acids is 2. The molecule has 21 heavy (non-hydrogen) atoms. The molecule has 1 aromatic carbocycles. The Kier molecular flexibility index (Phi) is 5.51. The zero-order valence-electron chi connectivity index (χ0n) is 12.6. The first kappa shape index (κ1) is 15.7. The Balaban J connectivity index is 2.24. The van der Waals surface area contributed by atoms with E-state index in [0.29, 0.717) is 19.6 Å². The molecule has 1 saturated heterocycles. The van der Waals surface area contributed by atoms with Crippen LogP contribution < -0.4 is 5.32 Å². The predicted octanol–water partition coefficient (Wildman–Crippen LogP) is 2.15. The average Bonchev–Trinajstić information content (AvgIpc) is 2.50. The molecule has 0 radical (unpaired) electrons. The number of aldehydes is 1. The standard InChI is InChI=1S/C17H23NO3/c1-3-21-17(20)14-9-12(2)18-10-15(14)16(11-19)13-7-5-4-6-8-13/h4-8,11-12,14-16,18H,3,9-10H2,1-2H3. The predicted molar refractivity (Wildman–Crippen MR) is 80.9 cm³/mol. The van der Waals surface area contributed by atoms with E-state index in [1.807, 2.05) is 37.3 Å². The van der Waals surface area contributed by atoms with Gasteiger partial charge in [-0.15, -0.1) is 0 Å². The van der Waals surface area contributed by atoms with Crippen LogP contribution in [-0.4, -0.2) is 31.4 Å². The van der Waals surface area contributed by atoms with Crippen LogP contribution in [0.3, 0.4) is 0 Å². The highest BCUT2D eigenvalue weighted by Gasteiger charge is 2.39. The fraction of sp³-hybridized carbons (Fsp3) is 0.529. The summed E-state index contributed by atoms with van der Waals surface area (Å²) in [6.07, 6.45) is 1.67. The summed E-state index contributed by atoms with van der Waals surface area (Å²) in [4.78, 5) is 23.9. The third-order valence-electron chi connectivity index (χ3n) is 4.21. The molecule has 1 aromatic rings. The van der Waals surface area contributed by atoms with Gasteiger partial charge in [0.2, 0.25) is 0 Å². The Morgan fingerprint density at radius 3 is 2.76 bits per heavy atom. The molecule has 1 heterocycles. The Morgan fingerprint density at radius 2 is 2.14 bits per heavy atom. The lowest BCUT2D eigenvalue weighted by Gasteiger charge is -2.37. The zero-order chi connectivity index (χ0) is 15.2. The van der Waals surface area contributed by atoms with Gasteiger partial charge >= 0.3 is 5.97 Å². The minimum Gasteiger partial charge on any atom is -0.466 e. The summed E-state index contributed by atoms with van der Waals surface area (Å²) < 4.78 is 5.21. The van der Waals surface area contributed by atoms with Crippen LogP contribution in [0.25, 0.3) is 0 Å². The van der Waals surface area contributed by atoms with Crippen LogP contribution in [0, 0.1) is 11.8 Å². The lowest BCUT2D eigenvalue weighted by molar-refractivity contribution is -0.151. The van der Waals surface area contributed by atoms with Crippen molar-refractivity contribution >= 4 is 12.3 Å². The summed E-state index contributed by atoms with van der Waals surface area (Å²) in [5, 5.41) is 3.38. The zero-order valence-corrected chi connectivity index (χ0v) is 12.6. The smallest absolute Gasteiger partial charge is 0.309 e. The summed E-state index contributed by atoms with van der Waals surface area (Å²) in [6, 6.07) is 9.92. The molecule has 0 spiro atoms. The molecule has 4 heteroatoms. The van der Waals surface area contributed by atoms with Gasteiger partial charge < -0.3 is 14.8 Å². The maximum absolute atomic E-state index is 12.2. The van der Waals surface area contributed by atoms with E-state index >= 15 is 0 Å². The summed E-state index contributed by atoms with van der Waals surface area (Å²) in [5.41, 5.74) is 0.961. The Labute approximate surface area is 125 Å². The summed E-state index contributed by atoms with van der Waals surface area (Å²) >= 11 is 0. The molecule has 0 saturated carbocycles. The van der Waals surface area contributed by atoms with E-state index in [4.69, 9.17) is 4.74 Å².